The summed E-state index contributed by atoms with van der Waals surface area (Å²) in [6.07, 6.45) is 3.55. The summed E-state index contributed by atoms with van der Waals surface area (Å²) >= 11 is 0. The summed E-state index contributed by atoms with van der Waals surface area (Å²) in [5.74, 6) is -0.142. The summed E-state index contributed by atoms with van der Waals surface area (Å²) in [7, 11) is 0. The number of nitrogens with zero attached hydrogens (tertiary/aromatic N) is 1. The third kappa shape index (κ3) is 2.14. The highest BCUT2D eigenvalue weighted by molar-refractivity contribution is 5.99. The number of hydrogen-bond acceptors (Lipinski definition) is 2. The summed E-state index contributed by atoms with van der Waals surface area (Å²) in [6.45, 7) is 0.695. The van der Waals surface area contributed by atoms with Crippen molar-refractivity contribution in [1.29, 1.82) is 0 Å². The van der Waals surface area contributed by atoms with Crippen molar-refractivity contribution in [2.45, 2.75) is 38.2 Å². The molecule has 1 aliphatic carbocycles. The Morgan fingerprint density at radius 2 is 1.79 bits per heavy atom. The first-order valence-corrected chi connectivity index (χ1v) is 6.86. The van der Waals surface area contributed by atoms with E-state index in [4.69, 9.17) is 0 Å². The van der Waals surface area contributed by atoms with E-state index in [1.54, 1.807) is 17.0 Å². The van der Waals surface area contributed by atoms with E-state index in [2.05, 4.69) is 0 Å². The molecule has 1 N–H and O–H groups in total. The fourth-order valence-electron chi connectivity index (χ4n) is 3.31. The summed E-state index contributed by atoms with van der Waals surface area (Å²) in [6, 6.07) is 6.09. The molecule has 0 unspecified atom stereocenters. The number of aliphatic hydroxyl groups excluding tert-OH is 1. The van der Waals surface area contributed by atoms with Crippen molar-refractivity contribution < 1.29 is 14.3 Å². The molecule has 1 aliphatic heterocycles. The van der Waals surface area contributed by atoms with E-state index in [9.17, 15) is 14.3 Å². The monoisotopic (exact) mass is 263 g/mol. The van der Waals surface area contributed by atoms with E-state index in [1.807, 2.05) is 0 Å². The molecule has 4 heteroatoms. The molecule has 2 aliphatic rings. The summed E-state index contributed by atoms with van der Waals surface area (Å²) in [4.78, 5) is 14.4. The van der Waals surface area contributed by atoms with Gasteiger partial charge in [-0.05, 0) is 56.4 Å². The highest BCUT2D eigenvalue weighted by Gasteiger charge is 2.48. The van der Waals surface area contributed by atoms with Crippen LogP contribution in [0, 0.1) is 11.2 Å². The first-order chi connectivity index (χ1) is 9.11. The van der Waals surface area contributed by atoms with Gasteiger partial charge in [0.25, 0.3) is 0 Å². The molecular formula is C15H18FNO2. The van der Waals surface area contributed by atoms with Crippen molar-refractivity contribution in [3.8, 4) is 0 Å². The first kappa shape index (κ1) is 12.6. The highest BCUT2D eigenvalue weighted by Crippen LogP contribution is 2.45. The standard InChI is InChI=1S/C15H18FNO2/c16-11-1-3-12(4-2-11)17-10-9-15(14(17)19)7-5-13(18)6-8-15/h1-4,13,18H,5-10H2. The summed E-state index contributed by atoms with van der Waals surface area (Å²) < 4.78 is 12.9. The number of aliphatic hydroxyl groups is 1. The van der Waals surface area contributed by atoms with Gasteiger partial charge in [0.2, 0.25) is 5.91 Å². The lowest BCUT2D eigenvalue weighted by atomic mass is 9.72. The van der Waals surface area contributed by atoms with Crippen molar-refractivity contribution in [3.05, 3.63) is 30.1 Å². The van der Waals surface area contributed by atoms with E-state index in [0.717, 1.165) is 24.9 Å². The van der Waals surface area contributed by atoms with Gasteiger partial charge >= 0.3 is 0 Å². The number of benzene rings is 1. The Morgan fingerprint density at radius 3 is 2.42 bits per heavy atom. The van der Waals surface area contributed by atoms with Crippen molar-refractivity contribution in [1.82, 2.24) is 0 Å². The second-order valence-corrected chi connectivity index (χ2v) is 5.69. The van der Waals surface area contributed by atoms with Gasteiger partial charge < -0.3 is 10.0 Å². The largest absolute Gasteiger partial charge is 0.393 e. The molecule has 3 rings (SSSR count). The van der Waals surface area contributed by atoms with Crippen LogP contribution in [0.25, 0.3) is 0 Å². The van der Waals surface area contributed by atoms with Crippen LogP contribution < -0.4 is 4.90 Å². The van der Waals surface area contributed by atoms with E-state index in [-0.39, 0.29) is 23.2 Å². The fourth-order valence-corrected chi connectivity index (χ4v) is 3.31. The molecule has 1 saturated heterocycles. The number of carbonyl (C=O) groups is 1. The Hall–Kier alpha value is -1.42. The van der Waals surface area contributed by atoms with Gasteiger partial charge in [0.05, 0.1) is 11.5 Å². The van der Waals surface area contributed by atoms with Crippen LogP contribution in [-0.2, 0) is 4.79 Å². The smallest absolute Gasteiger partial charge is 0.233 e. The molecule has 1 heterocycles. The molecule has 3 nitrogen and oxygen atoms in total. The molecule has 1 spiro atoms. The Labute approximate surface area is 112 Å². The maximum Gasteiger partial charge on any atom is 0.233 e. The molecule has 0 aromatic heterocycles. The zero-order valence-corrected chi connectivity index (χ0v) is 10.8. The molecule has 19 heavy (non-hydrogen) atoms. The lowest BCUT2D eigenvalue weighted by Crippen LogP contribution is -2.38. The van der Waals surface area contributed by atoms with Gasteiger partial charge in [0.15, 0.2) is 0 Å². The van der Waals surface area contributed by atoms with Crippen LogP contribution in [0.5, 0.6) is 0 Å². The zero-order valence-electron chi connectivity index (χ0n) is 10.8. The van der Waals surface area contributed by atoms with Crippen LogP contribution in [-0.4, -0.2) is 23.7 Å². The molecule has 102 valence electrons. The molecule has 0 radical (unpaired) electrons. The second kappa shape index (κ2) is 4.60. The Kier molecular flexibility index (Phi) is 3.05. The van der Waals surface area contributed by atoms with E-state index in [0.29, 0.717) is 19.4 Å². The van der Waals surface area contributed by atoms with E-state index >= 15 is 0 Å². The number of anilines is 1. The Balaban J connectivity index is 1.80. The van der Waals surface area contributed by atoms with Gasteiger partial charge in [0.1, 0.15) is 5.82 Å². The van der Waals surface area contributed by atoms with Gasteiger partial charge in [-0.3, -0.25) is 4.79 Å². The van der Waals surface area contributed by atoms with Gasteiger partial charge in [-0.1, -0.05) is 0 Å². The number of carbonyl (C=O) groups excluding carboxylic acids is 1. The molecule has 1 aromatic rings. The van der Waals surface area contributed by atoms with E-state index < -0.39 is 0 Å². The molecular weight excluding hydrogens is 245 g/mol. The average Bonchev–Trinajstić information content (AvgIpc) is 2.73. The van der Waals surface area contributed by atoms with Crippen LogP contribution in [0.2, 0.25) is 0 Å². The molecule has 1 amide bonds. The summed E-state index contributed by atoms with van der Waals surface area (Å²) in [5, 5.41) is 9.59. The second-order valence-electron chi connectivity index (χ2n) is 5.69. The highest BCUT2D eigenvalue weighted by atomic mass is 19.1. The average molecular weight is 263 g/mol. The molecule has 2 fully saturated rings. The summed E-state index contributed by atoms with van der Waals surface area (Å²) in [5.41, 5.74) is 0.488. The minimum atomic E-state index is -0.286. The van der Waals surface area contributed by atoms with Gasteiger partial charge in [0, 0.05) is 12.2 Å². The molecule has 1 saturated carbocycles. The maximum absolute atomic E-state index is 12.9. The Morgan fingerprint density at radius 1 is 1.16 bits per heavy atom. The number of halogens is 1. The van der Waals surface area contributed by atoms with E-state index in [1.165, 1.54) is 12.1 Å². The number of hydrogen-bond donors (Lipinski definition) is 1. The predicted octanol–water partition coefficient (Wildman–Crippen LogP) is 2.48. The van der Waals surface area contributed by atoms with Gasteiger partial charge in [-0.2, -0.15) is 0 Å². The van der Waals surface area contributed by atoms with Gasteiger partial charge in [-0.25, -0.2) is 4.39 Å². The van der Waals surface area contributed by atoms with Crippen molar-refractivity contribution in [3.63, 3.8) is 0 Å². The molecule has 1 aromatic carbocycles. The van der Waals surface area contributed by atoms with Gasteiger partial charge in [-0.15, -0.1) is 0 Å². The normalized spacial score (nSPS) is 31.2. The van der Waals surface area contributed by atoms with Crippen LogP contribution in [0.15, 0.2) is 24.3 Å². The Bertz CT molecular complexity index is 477. The van der Waals surface area contributed by atoms with Crippen molar-refractivity contribution in [2.75, 3.05) is 11.4 Å². The van der Waals surface area contributed by atoms with Crippen LogP contribution in [0.1, 0.15) is 32.1 Å². The lowest BCUT2D eigenvalue weighted by Gasteiger charge is -2.33. The molecule has 0 bridgehead atoms. The SMILES string of the molecule is O=C1N(c2ccc(F)cc2)CCC12CCC(O)CC2. The first-order valence-electron chi connectivity index (χ1n) is 6.86. The van der Waals surface area contributed by atoms with Crippen LogP contribution in [0.4, 0.5) is 10.1 Å². The third-order valence-corrected chi connectivity index (χ3v) is 4.56. The van der Waals surface area contributed by atoms with Crippen LogP contribution >= 0.6 is 0 Å². The third-order valence-electron chi connectivity index (χ3n) is 4.56. The lowest BCUT2D eigenvalue weighted by molar-refractivity contribution is -0.128. The number of rotatable bonds is 1. The van der Waals surface area contributed by atoms with Crippen molar-refractivity contribution in [2.24, 2.45) is 5.41 Å². The fraction of sp³-hybridized carbons (Fsp3) is 0.533. The van der Waals surface area contributed by atoms with Crippen LogP contribution in [0.3, 0.4) is 0 Å². The number of amides is 1. The maximum atomic E-state index is 12.9. The molecule has 0 atom stereocenters. The van der Waals surface area contributed by atoms with Crippen molar-refractivity contribution >= 4 is 11.6 Å². The predicted molar refractivity (Wildman–Crippen MR) is 70.3 cm³/mol. The minimum Gasteiger partial charge on any atom is -0.393 e. The topological polar surface area (TPSA) is 40.5 Å². The zero-order chi connectivity index (χ0) is 13.5. The quantitative estimate of drug-likeness (QED) is 0.845. The minimum absolute atomic E-state index is 0.144.